The van der Waals surface area contributed by atoms with Crippen molar-refractivity contribution in [3.8, 4) is 11.4 Å². The molecule has 4 nitrogen and oxygen atoms in total. The lowest BCUT2D eigenvalue weighted by Crippen LogP contribution is -2.26. The summed E-state index contributed by atoms with van der Waals surface area (Å²) in [6, 6.07) is 5.24. The average molecular weight is 234 g/mol. The molecule has 1 atom stereocenters. The summed E-state index contributed by atoms with van der Waals surface area (Å²) in [5.74, 6) is -0.336. The molecule has 2 aromatic heterocycles. The van der Waals surface area contributed by atoms with Crippen molar-refractivity contribution >= 4 is 0 Å². The van der Waals surface area contributed by atoms with Gasteiger partial charge in [-0.1, -0.05) is 0 Å². The van der Waals surface area contributed by atoms with Crippen LogP contribution in [-0.4, -0.2) is 27.9 Å². The lowest BCUT2D eigenvalue weighted by atomic mass is 10.3. The van der Waals surface area contributed by atoms with Crippen molar-refractivity contribution in [2.75, 3.05) is 7.05 Å². The van der Waals surface area contributed by atoms with Crippen molar-refractivity contribution in [1.29, 1.82) is 0 Å². The van der Waals surface area contributed by atoms with Crippen LogP contribution in [0.15, 0.2) is 30.6 Å². The van der Waals surface area contributed by atoms with Crippen LogP contribution in [0.5, 0.6) is 0 Å². The van der Waals surface area contributed by atoms with Gasteiger partial charge in [-0.15, -0.1) is 0 Å². The van der Waals surface area contributed by atoms with Gasteiger partial charge >= 0.3 is 0 Å². The first-order valence-corrected chi connectivity index (χ1v) is 5.51. The fourth-order valence-electron chi connectivity index (χ4n) is 1.50. The molecule has 0 aliphatic heterocycles. The molecule has 0 unspecified atom stereocenters. The van der Waals surface area contributed by atoms with Gasteiger partial charge in [0, 0.05) is 12.2 Å². The molecule has 0 fully saturated rings. The van der Waals surface area contributed by atoms with Crippen molar-refractivity contribution < 1.29 is 4.39 Å². The second kappa shape index (κ2) is 5.05. The summed E-state index contributed by atoms with van der Waals surface area (Å²) < 4.78 is 14.6. The summed E-state index contributed by atoms with van der Waals surface area (Å²) in [5.41, 5.74) is 1.44. The average Bonchev–Trinajstić information content (AvgIpc) is 2.78. The minimum absolute atomic E-state index is 0.336. The van der Waals surface area contributed by atoms with Crippen LogP contribution < -0.4 is 5.32 Å². The van der Waals surface area contributed by atoms with Crippen LogP contribution in [0.3, 0.4) is 0 Å². The zero-order chi connectivity index (χ0) is 12.3. The number of pyridine rings is 1. The first kappa shape index (κ1) is 11.7. The molecule has 0 saturated carbocycles. The van der Waals surface area contributed by atoms with Gasteiger partial charge in [0.25, 0.3) is 0 Å². The highest BCUT2D eigenvalue weighted by Gasteiger charge is 2.05. The Bertz CT molecular complexity index is 478. The fraction of sp³-hybridized carbons (Fsp3) is 0.333. The molecule has 5 heteroatoms. The van der Waals surface area contributed by atoms with Crippen LogP contribution in [0.25, 0.3) is 11.4 Å². The largest absolute Gasteiger partial charge is 0.315 e. The van der Waals surface area contributed by atoms with E-state index in [0.29, 0.717) is 11.7 Å². The van der Waals surface area contributed by atoms with Crippen molar-refractivity contribution in [3.63, 3.8) is 0 Å². The summed E-state index contributed by atoms with van der Waals surface area (Å²) >= 11 is 0. The normalized spacial score (nSPS) is 12.6. The monoisotopic (exact) mass is 234 g/mol. The molecular weight excluding hydrogens is 219 g/mol. The molecule has 0 amide bonds. The Kier molecular flexibility index (Phi) is 3.49. The van der Waals surface area contributed by atoms with Crippen LogP contribution in [0.1, 0.15) is 6.92 Å². The van der Waals surface area contributed by atoms with Crippen LogP contribution >= 0.6 is 0 Å². The number of nitrogens with one attached hydrogen (secondary N) is 1. The van der Waals surface area contributed by atoms with Crippen molar-refractivity contribution in [3.05, 3.63) is 36.4 Å². The van der Waals surface area contributed by atoms with E-state index in [1.54, 1.807) is 6.07 Å². The maximum atomic E-state index is 12.7. The zero-order valence-corrected chi connectivity index (χ0v) is 9.89. The zero-order valence-electron chi connectivity index (χ0n) is 9.89. The summed E-state index contributed by atoms with van der Waals surface area (Å²) in [6.07, 6.45) is 3.10. The van der Waals surface area contributed by atoms with Gasteiger partial charge in [0.15, 0.2) is 0 Å². The number of halogens is 1. The van der Waals surface area contributed by atoms with Crippen molar-refractivity contribution in [2.45, 2.75) is 19.5 Å². The number of aromatic nitrogens is 3. The Labute approximate surface area is 99.5 Å². The van der Waals surface area contributed by atoms with E-state index in [2.05, 4.69) is 22.3 Å². The molecule has 17 heavy (non-hydrogen) atoms. The Hall–Kier alpha value is -1.75. The van der Waals surface area contributed by atoms with E-state index in [1.807, 2.05) is 24.0 Å². The molecule has 0 bridgehead atoms. The van der Waals surface area contributed by atoms with Gasteiger partial charge in [0.05, 0.1) is 18.4 Å². The summed E-state index contributed by atoms with van der Waals surface area (Å²) in [6.45, 7) is 2.87. The van der Waals surface area contributed by atoms with Gasteiger partial charge in [0.1, 0.15) is 11.5 Å². The number of hydrogen-bond acceptors (Lipinski definition) is 3. The Morgan fingerprint density at radius 1 is 1.35 bits per heavy atom. The van der Waals surface area contributed by atoms with Gasteiger partial charge in [-0.25, -0.2) is 4.39 Å². The molecule has 2 heterocycles. The molecule has 1 N–H and O–H groups in total. The molecule has 90 valence electrons. The van der Waals surface area contributed by atoms with E-state index in [-0.39, 0.29) is 5.82 Å². The predicted octanol–water partition coefficient (Wildman–Crippen LogP) is 1.69. The van der Waals surface area contributed by atoms with Crippen LogP contribution in [0, 0.1) is 5.82 Å². The predicted molar refractivity (Wildman–Crippen MR) is 63.9 cm³/mol. The fourth-order valence-corrected chi connectivity index (χ4v) is 1.50. The van der Waals surface area contributed by atoms with E-state index in [0.717, 1.165) is 12.2 Å². The van der Waals surface area contributed by atoms with Crippen LogP contribution in [-0.2, 0) is 6.54 Å². The molecule has 2 rings (SSSR count). The smallest absolute Gasteiger partial charge is 0.141 e. The standard InChI is InChI=1S/C12H15FN4/c1-9(14-2)8-17-6-5-12(16-17)11-4-3-10(13)7-15-11/h3-7,9,14H,8H2,1-2H3/t9-/m0/s1. The van der Waals surface area contributed by atoms with Crippen LogP contribution in [0.4, 0.5) is 4.39 Å². The van der Waals surface area contributed by atoms with Crippen molar-refractivity contribution in [2.24, 2.45) is 0 Å². The van der Waals surface area contributed by atoms with E-state index in [4.69, 9.17) is 0 Å². The highest BCUT2D eigenvalue weighted by atomic mass is 19.1. The minimum Gasteiger partial charge on any atom is -0.315 e. The third kappa shape index (κ3) is 2.88. The lowest BCUT2D eigenvalue weighted by molar-refractivity contribution is 0.482. The van der Waals surface area contributed by atoms with Gasteiger partial charge in [-0.3, -0.25) is 9.67 Å². The molecule has 0 aromatic carbocycles. The molecule has 0 aliphatic rings. The Balaban J connectivity index is 2.15. The number of nitrogens with zero attached hydrogens (tertiary/aromatic N) is 3. The molecule has 0 spiro atoms. The van der Waals surface area contributed by atoms with Gasteiger partial charge < -0.3 is 5.32 Å². The maximum absolute atomic E-state index is 12.7. The molecule has 2 aromatic rings. The SMILES string of the molecule is CN[C@@H](C)Cn1ccc(-c2ccc(F)cn2)n1. The highest BCUT2D eigenvalue weighted by molar-refractivity contribution is 5.52. The quantitative estimate of drug-likeness (QED) is 0.875. The van der Waals surface area contributed by atoms with Gasteiger partial charge in [0.2, 0.25) is 0 Å². The molecule has 0 saturated heterocycles. The number of rotatable bonds is 4. The summed E-state index contributed by atoms with van der Waals surface area (Å²) in [4.78, 5) is 3.99. The van der Waals surface area contributed by atoms with Gasteiger partial charge in [-0.2, -0.15) is 5.10 Å². The second-order valence-electron chi connectivity index (χ2n) is 3.97. The number of hydrogen-bond donors (Lipinski definition) is 1. The van der Waals surface area contributed by atoms with Crippen LogP contribution in [0.2, 0.25) is 0 Å². The van der Waals surface area contributed by atoms with E-state index in [9.17, 15) is 4.39 Å². The summed E-state index contributed by atoms with van der Waals surface area (Å²) in [5, 5.41) is 7.53. The topological polar surface area (TPSA) is 42.7 Å². The third-order valence-corrected chi connectivity index (χ3v) is 2.58. The van der Waals surface area contributed by atoms with E-state index < -0.39 is 0 Å². The number of likely N-dealkylation sites (N-methyl/N-ethyl adjacent to an activating group) is 1. The summed E-state index contributed by atoms with van der Waals surface area (Å²) in [7, 11) is 1.91. The second-order valence-corrected chi connectivity index (χ2v) is 3.97. The first-order valence-electron chi connectivity index (χ1n) is 5.51. The molecule has 0 radical (unpaired) electrons. The molecule has 0 aliphatic carbocycles. The van der Waals surface area contributed by atoms with Crippen molar-refractivity contribution in [1.82, 2.24) is 20.1 Å². The Morgan fingerprint density at radius 2 is 2.18 bits per heavy atom. The third-order valence-electron chi connectivity index (χ3n) is 2.58. The Morgan fingerprint density at radius 3 is 2.82 bits per heavy atom. The highest BCUT2D eigenvalue weighted by Crippen LogP contribution is 2.13. The first-order chi connectivity index (χ1) is 8.19. The lowest BCUT2D eigenvalue weighted by Gasteiger charge is -2.09. The maximum Gasteiger partial charge on any atom is 0.141 e. The molecular formula is C12H15FN4. The van der Waals surface area contributed by atoms with E-state index in [1.165, 1.54) is 12.3 Å². The minimum atomic E-state index is -0.336. The van der Waals surface area contributed by atoms with E-state index >= 15 is 0 Å². The van der Waals surface area contributed by atoms with Gasteiger partial charge in [-0.05, 0) is 32.2 Å².